The lowest BCUT2D eigenvalue weighted by Gasteiger charge is -1.97. The molecule has 1 heteroatoms. The second-order valence-corrected chi connectivity index (χ2v) is 3.49. The van der Waals surface area contributed by atoms with Crippen LogP contribution < -0.4 is 0 Å². The van der Waals surface area contributed by atoms with E-state index >= 15 is 0 Å². The van der Waals surface area contributed by atoms with Gasteiger partial charge in [0.15, 0.2) is 0 Å². The molecule has 1 rings (SSSR count). The zero-order chi connectivity index (χ0) is 9.52. The Bertz CT molecular complexity index is 249. The summed E-state index contributed by atoms with van der Waals surface area (Å²) in [6.07, 6.45) is 3.91. The lowest BCUT2D eigenvalue weighted by atomic mass is 10.2. The Balaban J connectivity index is 2.31. The molecule has 0 aliphatic heterocycles. The molecule has 0 saturated heterocycles. The highest BCUT2D eigenvalue weighted by atomic mass is 14.7. The lowest BCUT2D eigenvalue weighted by molar-refractivity contribution is 0.667. The van der Waals surface area contributed by atoms with Crippen molar-refractivity contribution in [1.82, 2.24) is 0 Å². The van der Waals surface area contributed by atoms with Crippen LogP contribution in [0, 0.1) is 12.3 Å². The highest BCUT2D eigenvalue weighted by molar-refractivity contribution is 5.73. The van der Waals surface area contributed by atoms with Crippen molar-refractivity contribution in [3.63, 3.8) is 0 Å². The van der Waals surface area contributed by atoms with Crippen LogP contribution in [0.1, 0.15) is 19.4 Å². The quantitative estimate of drug-likeness (QED) is 0.622. The van der Waals surface area contributed by atoms with Gasteiger partial charge in [-0.05, 0) is 11.5 Å². The van der Waals surface area contributed by atoms with Crippen molar-refractivity contribution in [2.24, 2.45) is 10.9 Å². The fraction of sp³-hybridized carbons (Fsp3) is 0.333. The van der Waals surface area contributed by atoms with Crippen LogP contribution in [0.5, 0.6) is 0 Å². The molecular weight excluding hydrogens is 158 g/mol. The van der Waals surface area contributed by atoms with E-state index in [2.05, 4.69) is 31.0 Å². The second kappa shape index (κ2) is 5.52. The molecule has 1 nitrogen and oxygen atoms in total. The zero-order valence-corrected chi connectivity index (χ0v) is 8.27. The SMILES string of the molecule is CC(C)CN=C[CH]c1ccccc1. The molecule has 0 aliphatic rings. The van der Waals surface area contributed by atoms with Crippen LogP contribution in [-0.4, -0.2) is 12.8 Å². The van der Waals surface area contributed by atoms with Crippen molar-refractivity contribution in [3.8, 4) is 0 Å². The number of hydrogen-bond acceptors (Lipinski definition) is 1. The molecular formula is C12H16N. The molecule has 0 aliphatic carbocycles. The number of benzene rings is 1. The van der Waals surface area contributed by atoms with Gasteiger partial charge in [-0.1, -0.05) is 44.2 Å². The van der Waals surface area contributed by atoms with Crippen molar-refractivity contribution >= 4 is 6.21 Å². The molecule has 0 atom stereocenters. The normalized spacial score (nSPS) is 11.3. The first kappa shape index (κ1) is 9.97. The van der Waals surface area contributed by atoms with Gasteiger partial charge in [0.05, 0.1) is 0 Å². The number of rotatable bonds is 4. The van der Waals surface area contributed by atoms with Crippen LogP contribution in [0.2, 0.25) is 0 Å². The fourth-order valence-electron chi connectivity index (χ4n) is 0.975. The number of hydrogen-bond donors (Lipinski definition) is 0. The Hall–Kier alpha value is -1.11. The minimum Gasteiger partial charge on any atom is -0.297 e. The fourth-order valence-corrected chi connectivity index (χ4v) is 0.975. The summed E-state index contributed by atoms with van der Waals surface area (Å²) in [5.41, 5.74) is 1.20. The first-order chi connectivity index (χ1) is 6.29. The van der Waals surface area contributed by atoms with E-state index in [1.165, 1.54) is 5.56 Å². The predicted octanol–water partition coefficient (Wildman–Crippen LogP) is 2.97. The van der Waals surface area contributed by atoms with Crippen LogP contribution in [0.3, 0.4) is 0 Å². The van der Waals surface area contributed by atoms with E-state index in [1.54, 1.807) is 0 Å². The van der Waals surface area contributed by atoms with Gasteiger partial charge in [0, 0.05) is 19.2 Å². The molecule has 0 amide bonds. The van der Waals surface area contributed by atoms with E-state index in [-0.39, 0.29) is 0 Å². The standard InChI is InChI=1S/C12H16N/c1-11(2)10-13-9-8-12-6-4-3-5-7-12/h3-9,11H,10H2,1-2H3. The summed E-state index contributed by atoms with van der Waals surface area (Å²) < 4.78 is 0. The monoisotopic (exact) mass is 174 g/mol. The van der Waals surface area contributed by atoms with Gasteiger partial charge in [0.1, 0.15) is 0 Å². The van der Waals surface area contributed by atoms with Crippen LogP contribution in [0.25, 0.3) is 0 Å². The maximum absolute atomic E-state index is 4.29. The number of aliphatic imine (C=N–C) groups is 1. The van der Waals surface area contributed by atoms with Gasteiger partial charge >= 0.3 is 0 Å². The summed E-state index contributed by atoms with van der Waals surface area (Å²) in [6, 6.07) is 10.2. The second-order valence-electron chi connectivity index (χ2n) is 3.49. The first-order valence-corrected chi connectivity index (χ1v) is 4.67. The minimum atomic E-state index is 0.639. The smallest absolute Gasteiger partial charge is 0.0408 e. The molecule has 0 saturated carbocycles. The third-order valence-electron chi connectivity index (χ3n) is 1.64. The Morgan fingerprint density at radius 3 is 2.54 bits per heavy atom. The molecule has 0 aromatic heterocycles. The lowest BCUT2D eigenvalue weighted by Crippen LogP contribution is -1.92. The summed E-state index contributed by atoms with van der Waals surface area (Å²) >= 11 is 0. The van der Waals surface area contributed by atoms with Gasteiger partial charge in [-0.25, -0.2) is 0 Å². The Morgan fingerprint density at radius 1 is 1.23 bits per heavy atom. The summed E-state index contributed by atoms with van der Waals surface area (Å²) in [7, 11) is 0. The molecule has 1 radical (unpaired) electrons. The van der Waals surface area contributed by atoms with Gasteiger partial charge < -0.3 is 0 Å². The van der Waals surface area contributed by atoms with E-state index in [0.29, 0.717) is 5.92 Å². The maximum Gasteiger partial charge on any atom is 0.0408 e. The Kier molecular flexibility index (Phi) is 4.24. The van der Waals surface area contributed by atoms with Crippen molar-refractivity contribution < 1.29 is 0 Å². The topological polar surface area (TPSA) is 12.4 Å². The van der Waals surface area contributed by atoms with Crippen LogP contribution in [0.4, 0.5) is 0 Å². The Labute approximate surface area is 80.5 Å². The van der Waals surface area contributed by atoms with Gasteiger partial charge in [-0.15, -0.1) is 0 Å². The highest BCUT2D eigenvalue weighted by Crippen LogP contribution is 1.99. The largest absolute Gasteiger partial charge is 0.297 e. The highest BCUT2D eigenvalue weighted by Gasteiger charge is 1.89. The maximum atomic E-state index is 4.29. The molecule has 0 unspecified atom stereocenters. The summed E-state index contributed by atoms with van der Waals surface area (Å²) in [5.74, 6) is 0.639. The zero-order valence-electron chi connectivity index (χ0n) is 8.27. The molecule has 0 fully saturated rings. The van der Waals surface area contributed by atoms with Crippen LogP contribution in [-0.2, 0) is 0 Å². The molecule has 0 heterocycles. The van der Waals surface area contributed by atoms with E-state index in [9.17, 15) is 0 Å². The average Bonchev–Trinajstić information content (AvgIpc) is 2.14. The molecule has 0 N–H and O–H groups in total. The molecule has 1 aromatic carbocycles. The van der Waals surface area contributed by atoms with E-state index in [1.807, 2.05) is 30.8 Å². The van der Waals surface area contributed by atoms with Crippen molar-refractivity contribution in [2.45, 2.75) is 13.8 Å². The molecule has 69 valence electrons. The summed E-state index contributed by atoms with van der Waals surface area (Å²) in [4.78, 5) is 4.29. The summed E-state index contributed by atoms with van der Waals surface area (Å²) in [5, 5.41) is 0. The van der Waals surface area contributed by atoms with E-state index in [4.69, 9.17) is 0 Å². The van der Waals surface area contributed by atoms with Crippen molar-refractivity contribution in [3.05, 3.63) is 42.3 Å². The van der Waals surface area contributed by atoms with E-state index in [0.717, 1.165) is 6.54 Å². The van der Waals surface area contributed by atoms with Gasteiger partial charge in [-0.3, -0.25) is 4.99 Å². The third kappa shape index (κ3) is 4.46. The van der Waals surface area contributed by atoms with Crippen molar-refractivity contribution in [1.29, 1.82) is 0 Å². The first-order valence-electron chi connectivity index (χ1n) is 4.67. The van der Waals surface area contributed by atoms with Crippen molar-refractivity contribution in [2.75, 3.05) is 6.54 Å². The summed E-state index contributed by atoms with van der Waals surface area (Å²) in [6.45, 7) is 5.24. The Morgan fingerprint density at radius 2 is 1.92 bits per heavy atom. The molecule has 0 spiro atoms. The third-order valence-corrected chi connectivity index (χ3v) is 1.64. The van der Waals surface area contributed by atoms with Crippen LogP contribution in [0.15, 0.2) is 35.3 Å². The minimum absolute atomic E-state index is 0.639. The number of nitrogens with zero attached hydrogens (tertiary/aromatic N) is 1. The van der Waals surface area contributed by atoms with Gasteiger partial charge in [0.25, 0.3) is 0 Å². The van der Waals surface area contributed by atoms with Crippen LogP contribution >= 0.6 is 0 Å². The molecule has 1 aromatic rings. The molecule has 0 bridgehead atoms. The molecule has 13 heavy (non-hydrogen) atoms. The van der Waals surface area contributed by atoms with E-state index < -0.39 is 0 Å². The van der Waals surface area contributed by atoms with Gasteiger partial charge in [-0.2, -0.15) is 0 Å². The average molecular weight is 174 g/mol. The predicted molar refractivity (Wildman–Crippen MR) is 58.0 cm³/mol. The van der Waals surface area contributed by atoms with Gasteiger partial charge in [0.2, 0.25) is 0 Å².